The van der Waals surface area contributed by atoms with Crippen molar-refractivity contribution in [3.05, 3.63) is 36.0 Å². The Hall–Kier alpha value is -2.14. The van der Waals surface area contributed by atoms with E-state index < -0.39 is 18.0 Å². The summed E-state index contributed by atoms with van der Waals surface area (Å²) >= 11 is 0. The van der Waals surface area contributed by atoms with Crippen molar-refractivity contribution in [3.63, 3.8) is 0 Å². The number of hydrogen-bond donors (Lipinski definition) is 2. The summed E-state index contributed by atoms with van der Waals surface area (Å²) in [6.07, 6.45) is 20.2. The standard InChI is InChI=1S/C28H44N2O3/c1-2-3-4-5-6-7-8-9-10-11-12-13-14-15-20-27(31)33-28(32)25(29)21-23-22-30-26-19-17-16-18-24(23)26/h16-19,22,25,30H,2-15,20-21,29H2,1H3. The maximum atomic E-state index is 12.2. The van der Waals surface area contributed by atoms with Crippen molar-refractivity contribution >= 4 is 22.8 Å². The van der Waals surface area contributed by atoms with Crippen LogP contribution in [0.2, 0.25) is 0 Å². The second-order valence-corrected chi connectivity index (χ2v) is 9.31. The molecule has 0 saturated carbocycles. The van der Waals surface area contributed by atoms with E-state index in [4.69, 9.17) is 10.5 Å². The number of aromatic amines is 1. The van der Waals surface area contributed by atoms with Gasteiger partial charge in [0.2, 0.25) is 0 Å². The van der Waals surface area contributed by atoms with E-state index >= 15 is 0 Å². The van der Waals surface area contributed by atoms with Gasteiger partial charge in [-0.25, -0.2) is 4.79 Å². The number of fused-ring (bicyclic) bond motifs is 1. The van der Waals surface area contributed by atoms with Gasteiger partial charge in [-0.05, 0) is 18.1 Å². The summed E-state index contributed by atoms with van der Waals surface area (Å²) in [6, 6.07) is 7.02. The number of nitrogens with two attached hydrogens (primary N) is 1. The van der Waals surface area contributed by atoms with E-state index in [1.807, 2.05) is 30.5 Å². The third kappa shape index (κ3) is 11.0. The summed E-state index contributed by atoms with van der Waals surface area (Å²) in [5.74, 6) is -1.11. The molecule has 1 unspecified atom stereocenters. The summed E-state index contributed by atoms with van der Waals surface area (Å²) in [6.45, 7) is 2.26. The predicted molar refractivity (Wildman–Crippen MR) is 136 cm³/mol. The highest BCUT2D eigenvalue weighted by atomic mass is 16.6. The van der Waals surface area contributed by atoms with Crippen molar-refractivity contribution in [1.29, 1.82) is 0 Å². The van der Waals surface area contributed by atoms with E-state index in [0.29, 0.717) is 6.42 Å². The lowest BCUT2D eigenvalue weighted by Gasteiger charge is -2.10. The van der Waals surface area contributed by atoms with E-state index in [-0.39, 0.29) is 6.42 Å². The fraction of sp³-hybridized carbons (Fsp3) is 0.643. The van der Waals surface area contributed by atoms with Crippen LogP contribution in [0.3, 0.4) is 0 Å². The first kappa shape index (κ1) is 27.1. The number of aromatic nitrogens is 1. The maximum absolute atomic E-state index is 12.2. The van der Waals surface area contributed by atoms with Crippen LogP contribution in [0.4, 0.5) is 0 Å². The molecule has 0 radical (unpaired) electrons. The molecule has 0 spiro atoms. The molecule has 0 fully saturated rings. The molecule has 0 bridgehead atoms. The van der Waals surface area contributed by atoms with Crippen molar-refractivity contribution in [2.24, 2.45) is 5.73 Å². The summed E-state index contributed by atoms with van der Waals surface area (Å²) in [5.41, 5.74) is 7.94. The van der Waals surface area contributed by atoms with Gasteiger partial charge in [0.1, 0.15) is 6.04 Å². The zero-order chi connectivity index (χ0) is 23.7. The number of ether oxygens (including phenoxy) is 1. The van der Waals surface area contributed by atoms with Gasteiger partial charge >= 0.3 is 11.9 Å². The first-order valence-corrected chi connectivity index (χ1v) is 13.2. The minimum Gasteiger partial charge on any atom is -0.392 e. The molecule has 1 aromatic heterocycles. The van der Waals surface area contributed by atoms with Gasteiger partial charge in [0.05, 0.1) is 0 Å². The Bertz CT molecular complexity index is 814. The van der Waals surface area contributed by atoms with Gasteiger partial charge in [-0.2, -0.15) is 0 Å². The lowest BCUT2D eigenvalue weighted by Crippen LogP contribution is -2.35. The molecule has 1 heterocycles. The van der Waals surface area contributed by atoms with Gasteiger partial charge in [0.15, 0.2) is 0 Å². The molecule has 5 heteroatoms. The van der Waals surface area contributed by atoms with E-state index in [1.54, 1.807) is 0 Å². The summed E-state index contributed by atoms with van der Waals surface area (Å²) < 4.78 is 4.97. The van der Waals surface area contributed by atoms with Crippen LogP contribution in [0.1, 0.15) is 109 Å². The number of carbonyl (C=O) groups excluding carboxylic acids is 2. The van der Waals surface area contributed by atoms with Crippen molar-refractivity contribution in [1.82, 2.24) is 4.98 Å². The maximum Gasteiger partial charge on any atom is 0.330 e. The van der Waals surface area contributed by atoms with Crippen LogP contribution < -0.4 is 5.73 Å². The average Bonchev–Trinajstić information content (AvgIpc) is 3.22. The topological polar surface area (TPSA) is 85.2 Å². The molecule has 0 amide bonds. The van der Waals surface area contributed by atoms with Gasteiger partial charge in [0.25, 0.3) is 0 Å². The molecular weight excluding hydrogens is 412 g/mol. The molecule has 0 aliphatic carbocycles. The van der Waals surface area contributed by atoms with Crippen molar-refractivity contribution < 1.29 is 14.3 Å². The van der Waals surface area contributed by atoms with Crippen LogP contribution in [0.5, 0.6) is 0 Å². The second kappa shape index (κ2) is 16.5. The minimum absolute atomic E-state index is 0.281. The number of hydrogen-bond acceptors (Lipinski definition) is 4. The third-order valence-corrected chi connectivity index (χ3v) is 6.37. The number of H-pyrrole nitrogens is 1. The minimum atomic E-state index is -0.843. The zero-order valence-corrected chi connectivity index (χ0v) is 20.6. The number of carbonyl (C=O) groups is 2. The number of rotatable bonds is 18. The SMILES string of the molecule is CCCCCCCCCCCCCCCCC(=O)OC(=O)C(N)Cc1c[nH]c2ccccc12. The van der Waals surface area contributed by atoms with E-state index in [0.717, 1.165) is 35.7 Å². The third-order valence-electron chi connectivity index (χ3n) is 6.37. The summed E-state index contributed by atoms with van der Waals surface area (Å²) in [4.78, 5) is 27.3. The Morgan fingerprint density at radius 2 is 1.39 bits per heavy atom. The molecule has 184 valence electrons. The van der Waals surface area contributed by atoms with Gasteiger partial charge < -0.3 is 15.5 Å². The van der Waals surface area contributed by atoms with Crippen LogP contribution in [0, 0.1) is 0 Å². The molecular formula is C28H44N2O3. The van der Waals surface area contributed by atoms with Gasteiger partial charge in [0, 0.05) is 29.9 Å². The Morgan fingerprint density at radius 1 is 0.848 bits per heavy atom. The van der Waals surface area contributed by atoms with E-state index in [2.05, 4.69) is 11.9 Å². The fourth-order valence-electron chi connectivity index (χ4n) is 4.32. The quantitative estimate of drug-likeness (QED) is 0.144. The molecule has 0 saturated heterocycles. The van der Waals surface area contributed by atoms with Crippen molar-refractivity contribution in [2.45, 2.75) is 116 Å². The highest BCUT2D eigenvalue weighted by Gasteiger charge is 2.20. The summed E-state index contributed by atoms with van der Waals surface area (Å²) in [5, 5.41) is 1.04. The predicted octanol–water partition coefficient (Wildman–Crippen LogP) is 6.98. The van der Waals surface area contributed by atoms with Crippen LogP contribution in [-0.2, 0) is 20.7 Å². The number of benzene rings is 1. The van der Waals surface area contributed by atoms with Gasteiger partial charge in [-0.1, -0.05) is 109 Å². The molecule has 33 heavy (non-hydrogen) atoms. The highest BCUT2D eigenvalue weighted by molar-refractivity contribution is 5.89. The molecule has 3 N–H and O–H groups in total. The van der Waals surface area contributed by atoms with Crippen LogP contribution in [0.15, 0.2) is 30.5 Å². The Kier molecular flexibility index (Phi) is 13.5. The molecule has 0 aliphatic rings. The monoisotopic (exact) mass is 456 g/mol. The summed E-state index contributed by atoms with van der Waals surface area (Å²) in [7, 11) is 0. The number of unbranched alkanes of at least 4 members (excludes halogenated alkanes) is 13. The largest absolute Gasteiger partial charge is 0.392 e. The lowest BCUT2D eigenvalue weighted by molar-refractivity contribution is -0.160. The molecule has 2 aromatic rings. The molecule has 1 aromatic carbocycles. The van der Waals surface area contributed by atoms with Crippen LogP contribution in [-0.4, -0.2) is 23.0 Å². The zero-order valence-electron chi connectivity index (χ0n) is 20.6. The number of para-hydroxylation sites is 1. The Balaban J connectivity index is 1.45. The molecule has 0 aliphatic heterocycles. The number of nitrogens with one attached hydrogen (secondary N) is 1. The fourth-order valence-corrected chi connectivity index (χ4v) is 4.32. The molecule has 1 atom stereocenters. The van der Waals surface area contributed by atoms with Gasteiger partial charge in [-0.15, -0.1) is 0 Å². The first-order chi connectivity index (χ1) is 16.1. The first-order valence-electron chi connectivity index (χ1n) is 13.2. The Labute approximate surface area is 199 Å². The van der Waals surface area contributed by atoms with Gasteiger partial charge in [-0.3, -0.25) is 4.79 Å². The van der Waals surface area contributed by atoms with Crippen molar-refractivity contribution in [3.8, 4) is 0 Å². The second-order valence-electron chi connectivity index (χ2n) is 9.31. The highest BCUT2D eigenvalue weighted by Crippen LogP contribution is 2.19. The van der Waals surface area contributed by atoms with E-state index in [1.165, 1.54) is 70.6 Å². The molecule has 2 rings (SSSR count). The van der Waals surface area contributed by atoms with E-state index in [9.17, 15) is 9.59 Å². The average molecular weight is 457 g/mol. The van der Waals surface area contributed by atoms with Crippen LogP contribution >= 0.6 is 0 Å². The van der Waals surface area contributed by atoms with Crippen LogP contribution in [0.25, 0.3) is 10.9 Å². The van der Waals surface area contributed by atoms with Crippen molar-refractivity contribution in [2.75, 3.05) is 0 Å². The Morgan fingerprint density at radius 3 is 2.00 bits per heavy atom. The molecule has 5 nitrogen and oxygen atoms in total. The number of esters is 2. The smallest absolute Gasteiger partial charge is 0.330 e. The normalized spacial score (nSPS) is 12.2. The lowest BCUT2D eigenvalue weighted by atomic mass is 10.0.